The summed E-state index contributed by atoms with van der Waals surface area (Å²) in [6.07, 6.45) is 3.63. The molecule has 17 heavy (non-hydrogen) atoms. The zero-order chi connectivity index (χ0) is 11.7. The first kappa shape index (κ1) is 10.2. The molecular formula is C11H11N5S. The van der Waals surface area contributed by atoms with Gasteiger partial charge in [-0.25, -0.2) is 15.0 Å². The molecule has 0 aliphatic carbocycles. The average Bonchev–Trinajstić information content (AvgIpc) is 3.00. The first-order chi connectivity index (χ1) is 8.38. The van der Waals surface area contributed by atoms with E-state index >= 15 is 0 Å². The maximum atomic E-state index is 4.51. The molecule has 6 heteroatoms. The third-order valence-electron chi connectivity index (χ3n) is 2.38. The van der Waals surface area contributed by atoms with E-state index in [0.29, 0.717) is 5.82 Å². The molecule has 0 aliphatic rings. The standard InChI is InChI=1S/C11H11N5S/c1-2-12-8-7-3-4-13-9(7)16-10(15-8)11-14-5-6-17-11/h3-6H,2H2,1H3,(H2,12,13,15,16). The molecule has 0 amide bonds. The second-order valence-electron chi connectivity index (χ2n) is 3.50. The van der Waals surface area contributed by atoms with Gasteiger partial charge in [0.15, 0.2) is 10.8 Å². The molecule has 0 bridgehead atoms. The Kier molecular flexibility index (Phi) is 2.49. The quantitative estimate of drug-likeness (QED) is 0.744. The molecule has 2 N–H and O–H groups in total. The van der Waals surface area contributed by atoms with Crippen molar-refractivity contribution in [1.82, 2.24) is 19.9 Å². The second-order valence-corrected chi connectivity index (χ2v) is 4.40. The zero-order valence-corrected chi connectivity index (χ0v) is 10.1. The average molecular weight is 245 g/mol. The summed E-state index contributed by atoms with van der Waals surface area (Å²) in [5.41, 5.74) is 0.834. The zero-order valence-electron chi connectivity index (χ0n) is 9.27. The van der Waals surface area contributed by atoms with E-state index in [0.717, 1.165) is 28.4 Å². The smallest absolute Gasteiger partial charge is 0.192 e. The molecule has 0 spiro atoms. The van der Waals surface area contributed by atoms with Gasteiger partial charge in [-0.15, -0.1) is 11.3 Å². The topological polar surface area (TPSA) is 66.5 Å². The van der Waals surface area contributed by atoms with Crippen LogP contribution < -0.4 is 5.32 Å². The molecular weight excluding hydrogens is 234 g/mol. The van der Waals surface area contributed by atoms with Crippen molar-refractivity contribution >= 4 is 28.2 Å². The van der Waals surface area contributed by atoms with Gasteiger partial charge in [-0.3, -0.25) is 0 Å². The summed E-state index contributed by atoms with van der Waals surface area (Å²) in [5, 5.41) is 7.01. The summed E-state index contributed by atoms with van der Waals surface area (Å²) >= 11 is 1.54. The van der Waals surface area contributed by atoms with Gasteiger partial charge in [0.2, 0.25) is 0 Å². The molecule has 0 unspecified atom stereocenters. The Labute approximate surface area is 102 Å². The van der Waals surface area contributed by atoms with Gasteiger partial charge in [-0.05, 0) is 13.0 Å². The van der Waals surface area contributed by atoms with Crippen LogP contribution in [0.2, 0.25) is 0 Å². The molecule has 86 valence electrons. The van der Waals surface area contributed by atoms with E-state index in [1.54, 1.807) is 6.20 Å². The molecule has 3 aromatic rings. The van der Waals surface area contributed by atoms with Crippen LogP contribution in [0.1, 0.15) is 6.92 Å². The largest absolute Gasteiger partial charge is 0.370 e. The summed E-state index contributed by atoms with van der Waals surface area (Å²) in [5.74, 6) is 1.51. The highest BCUT2D eigenvalue weighted by atomic mass is 32.1. The molecule has 3 rings (SSSR count). The Bertz CT molecular complexity index is 628. The van der Waals surface area contributed by atoms with Crippen LogP contribution in [-0.2, 0) is 0 Å². The Morgan fingerprint density at radius 2 is 2.35 bits per heavy atom. The van der Waals surface area contributed by atoms with Gasteiger partial charge in [-0.1, -0.05) is 0 Å². The number of aromatic nitrogens is 4. The second kappa shape index (κ2) is 4.14. The molecule has 0 fully saturated rings. The van der Waals surface area contributed by atoms with E-state index in [1.165, 1.54) is 11.3 Å². The predicted octanol–water partition coefficient (Wildman–Crippen LogP) is 2.51. The highest BCUT2D eigenvalue weighted by Gasteiger charge is 2.10. The van der Waals surface area contributed by atoms with E-state index in [1.807, 2.05) is 24.6 Å². The summed E-state index contributed by atoms with van der Waals surface area (Å²) in [7, 11) is 0. The van der Waals surface area contributed by atoms with Gasteiger partial charge >= 0.3 is 0 Å². The number of nitrogens with one attached hydrogen (secondary N) is 2. The van der Waals surface area contributed by atoms with Crippen LogP contribution in [-0.4, -0.2) is 26.5 Å². The summed E-state index contributed by atoms with van der Waals surface area (Å²) < 4.78 is 0. The fraction of sp³-hybridized carbons (Fsp3) is 0.182. The van der Waals surface area contributed by atoms with Gasteiger partial charge in [0.05, 0.1) is 5.39 Å². The van der Waals surface area contributed by atoms with Crippen molar-refractivity contribution in [3.63, 3.8) is 0 Å². The maximum absolute atomic E-state index is 4.51. The van der Waals surface area contributed by atoms with Gasteiger partial charge in [0.1, 0.15) is 11.5 Å². The number of rotatable bonds is 3. The van der Waals surface area contributed by atoms with E-state index in [4.69, 9.17) is 0 Å². The van der Waals surface area contributed by atoms with E-state index in [2.05, 4.69) is 25.3 Å². The molecule has 0 aromatic carbocycles. The number of hydrogen-bond donors (Lipinski definition) is 2. The molecule has 0 aliphatic heterocycles. The lowest BCUT2D eigenvalue weighted by molar-refractivity contribution is 1.13. The minimum atomic E-state index is 0.658. The highest BCUT2D eigenvalue weighted by Crippen LogP contribution is 2.24. The molecule has 0 saturated heterocycles. The number of hydrogen-bond acceptors (Lipinski definition) is 5. The third kappa shape index (κ3) is 1.76. The number of fused-ring (bicyclic) bond motifs is 1. The number of anilines is 1. The van der Waals surface area contributed by atoms with E-state index in [9.17, 15) is 0 Å². The first-order valence-corrected chi connectivity index (χ1v) is 6.25. The predicted molar refractivity (Wildman–Crippen MR) is 69.2 cm³/mol. The van der Waals surface area contributed by atoms with Gasteiger partial charge in [-0.2, -0.15) is 0 Å². The van der Waals surface area contributed by atoms with Crippen molar-refractivity contribution < 1.29 is 0 Å². The van der Waals surface area contributed by atoms with Crippen LogP contribution in [0.5, 0.6) is 0 Å². The molecule has 0 atom stereocenters. The molecule has 5 nitrogen and oxygen atoms in total. The first-order valence-electron chi connectivity index (χ1n) is 5.37. The van der Waals surface area contributed by atoms with Crippen molar-refractivity contribution in [3.05, 3.63) is 23.8 Å². The van der Waals surface area contributed by atoms with E-state index < -0.39 is 0 Å². The molecule has 0 radical (unpaired) electrons. The van der Waals surface area contributed by atoms with Crippen LogP contribution in [0, 0.1) is 0 Å². The van der Waals surface area contributed by atoms with Gasteiger partial charge < -0.3 is 10.3 Å². The summed E-state index contributed by atoms with van der Waals surface area (Å²) in [6.45, 7) is 2.87. The summed E-state index contributed by atoms with van der Waals surface area (Å²) in [4.78, 5) is 16.3. The fourth-order valence-corrected chi connectivity index (χ4v) is 2.24. The normalized spacial score (nSPS) is 10.9. The summed E-state index contributed by atoms with van der Waals surface area (Å²) in [6, 6.07) is 1.97. The Morgan fingerprint density at radius 3 is 3.12 bits per heavy atom. The highest BCUT2D eigenvalue weighted by molar-refractivity contribution is 7.13. The number of nitrogens with zero attached hydrogens (tertiary/aromatic N) is 3. The lowest BCUT2D eigenvalue weighted by Crippen LogP contribution is -2.02. The molecule has 0 saturated carbocycles. The van der Waals surface area contributed by atoms with Crippen LogP contribution in [0.4, 0.5) is 5.82 Å². The van der Waals surface area contributed by atoms with Crippen LogP contribution in [0.15, 0.2) is 23.8 Å². The Hall–Kier alpha value is -1.95. The van der Waals surface area contributed by atoms with Crippen molar-refractivity contribution in [1.29, 1.82) is 0 Å². The van der Waals surface area contributed by atoms with Gasteiger partial charge in [0, 0.05) is 24.3 Å². The lowest BCUT2D eigenvalue weighted by atomic mass is 10.3. The van der Waals surface area contributed by atoms with Crippen molar-refractivity contribution in [3.8, 4) is 10.8 Å². The minimum absolute atomic E-state index is 0.658. The maximum Gasteiger partial charge on any atom is 0.192 e. The van der Waals surface area contributed by atoms with Crippen LogP contribution in [0.3, 0.4) is 0 Å². The number of aromatic amines is 1. The lowest BCUT2D eigenvalue weighted by Gasteiger charge is -2.05. The van der Waals surface area contributed by atoms with Crippen molar-refractivity contribution in [2.75, 3.05) is 11.9 Å². The van der Waals surface area contributed by atoms with Gasteiger partial charge in [0.25, 0.3) is 0 Å². The van der Waals surface area contributed by atoms with Crippen molar-refractivity contribution in [2.45, 2.75) is 6.92 Å². The Balaban J connectivity index is 2.20. The minimum Gasteiger partial charge on any atom is -0.370 e. The number of H-pyrrole nitrogens is 1. The van der Waals surface area contributed by atoms with Crippen molar-refractivity contribution in [2.24, 2.45) is 0 Å². The molecule has 3 heterocycles. The van der Waals surface area contributed by atoms with Crippen LogP contribution >= 0.6 is 11.3 Å². The number of thiazole rings is 1. The molecule has 3 aromatic heterocycles. The Morgan fingerprint density at radius 1 is 1.41 bits per heavy atom. The third-order valence-corrected chi connectivity index (χ3v) is 3.15. The monoisotopic (exact) mass is 245 g/mol. The SMILES string of the molecule is CCNc1nc(-c2nccs2)nc2[nH]ccc12. The fourth-order valence-electron chi connectivity index (χ4n) is 1.67. The van der Waals surface area contributed by atoms with E-state index in [-0.39, 0.29) is 0 Å². The van der Waals surface area contributed by atoms with Crippen LogP contribution in [0.25, 0.3) is 21.9 Å².